The lowest BCUT2D eigenvalue weighted by Crippen LogP contribution is -2.14. The van der Waals surface area contributed by atoms with E-state index in [2.05, 4.69) is 15.3 Å². The predicted octanol–water partition coefficient (Wildman–Crippen LogP) is 6.53. The Labute approximate surface area is 195 Å². The highest BCUT2D eigenvalue weighted by Crippen LogP contribution is 2.26. The average molecular weight is 464 g/mol. The Hall–Kier alpha value is -3.41. The molecule has 2 N–H and O–H groups in total. The quantitative estimate of drug-likeness (QED) is 0.260. The number of benzene rings is 3. The first-order chi connectivity index (χ1) is 15.3. The van der Waals surface area contributed by atoms with E-state index in [0.717, 1.165) is 5.52 Å². The van der Waals surface area contributed by atoms with Crippen LogP contribution in [0.3, 0.4) is 0 Å². The van der Waals surface area contributed by atoms with Crippen LogP contribution >= 0.6 is 23.2 Å². The number of hydrogen-bond donors (Lipinski definition) is 2. The fourth-order valence-electron chi connectivity index (χ4n) is 3.23. The molecule has 0 radical (unpaired) electrons. The first kappa shape index (κ1) is 21.8. The number of carbonyl (C=O) groups is 2. The summed E-state index contributed by atoms with van der Waals surface area (Å²) < 4.78 is 0. The molecule has 7 heteroatoms. The smallest absolute Gasteiger partial charge is 0.251 e. The SMILES string of the molecule is C/C(C(=O)Nc1ccc(Cl)c(Cl)c1)=C(/C)c1nc2ccc(C(=O)c3ccccc3)cc2[nH]1. The molecule has 0 spiro atoms. The number of H-pyrrole nitrogens is 1. The Morgan fingerprint density at radius 2 is 1.62 bits per heavy atom. The van der Waals surface area contributed by atoms with Crippen molar-refractivity contribution in [1.29, 1.82) is 0 Å². The van der Waals surface area contributed by atoms with Gasteiger partial charge in [0.15, 0.2) is 5.78 Å². The minimum atomic E-state index is -0.277. The normalized spacial score (nSPS) is 11.9. The van der Waals surface area contributed by atoms with E-state index in [0.29, 0.717) is 49.3 Å². The summed E-state index contributed by atoms with van der Waals surface area (Å²) in [6.45, 7) is 3.54. The number of anilines is 1. The van der Waals surface area contributed by atoms with Gasteiger partial charge in [-0.2, -0.15) is 0 Å². The summed E-state index contributed by atoms with van der Waals surface area (Å²) in [6, 6.07) is 19.3. The van der Waals surface area contributed by atoms with Gasteiger partial charge in [-0.05, 0) is 50.2 Å². The van der Waals surface area contributed by atoms with Gasteiger partial charge < -0.3 is 10.3 Å². The second-order valence-corrected chi connectivity index (χ2v) is 8.16. The maximum atomic E-state index is 12.7. The minimum absolute atomic E-state index is 0.0619. The molecule has 0 bridgehead atoms. The Morgan fingerprint density at radius 3 is 2.34 bits per heavy atom. The van der Waals surface area contributed by atoms with Gasteiger partial charge in [0.2, 0.25) is 0 Å². The number of aromatic nitrogens is 2. The molecular weight excluding hydrogens is 445 g/mol. The molecule has 1 heterocycles. The van der Waals surface area contributed by atoms with Crippen LogP contribution in [0.4, 0.5) is 5.69 Å². The third-order valence-electron chi connectivity index (χ3n) is 5.22. The van der Waals surface area contributed by atoms with Crippen molar-refractivity contribution < 1.29 is 9.59 Å². The summed E-state index contributed by atoms with van der Waals surface area (Å²) in [5.74, 6) is 0.223. The van der Waals surface area contributed by atoms with Crippen molar-refractivity contribution in [1.82, 2.24) is 9.97 Å². The van der Waals surface area contributed by atoms with E-state index < -0.39 is 0 Å². The summed E-state index contributed by atoms with van der Waals surface area (Å²) in [5.41, 5.74) is 4.35. The van der Waals surface area contributed by atoms with Gasteiger partial charge in [0.1, 0.15) is 5.82 Å². The summed E-state index contributed by atoms with van der Waals surface area (Å²) >= 11 is 11.9. The van der Waals surface area contributed by atoms with E-state index in [1.54, 1.807) is 55.5 Å². The first-order valence-corrected chi connectivity index (χ1v) is 10.6. The minimum Gasteiger partial charge on any atom is -0.338 e. The van der Waals surface area contributed by atoms with Gasteiger partial charge in [-0.1, -0.05) is 53.5 Å². The Kier molecular flexibility index (Phi) is 6.12. The van der Waals surface area contributed by atoms with E-state index in [9.17, 15) is 9.59 Å². The van der Waals surface area contributed by atoms with Crippen molar-refractivity contribution in [2.45, 2.75) is 13.8 Å². The van der Waals surface area contributed by atoms with Crippen LogP contribution in [0.1, 0.15) is 35.6 Å². The monoisotopic (exact) mass is 463 g/mol. The lowest BCUT2D eigenvalue weighted by atomic mass is 10.0. The fourth-order valence-corrected chi connectivity index (χ4v) is 3.53. The number of nitrogens with zero attached hydrogens (tertiary/aromatic N) is 1. The van der Waals surface area contributed by atoms with Crippen LogP contribution in [-0.4, -0.2) is 21.7 Å². The molecular formula is C25H19Cl2N3O2. The van der Waals surface area contributed by atoms with E-state index in [1.807, 2.05) is 25.1 Å². The number of imidazole rings is 1. The third kappa shape index (κ3) is 4.44. The number of hydrogen-bond acceptors (Lipinski definition) is 3. The molecule has 0 aliphatic heterocycles. The Bertz CT molecular complexity index is 1370. The number of nitrogens with one attached hydrogen (secondary N) is 2. The van der Waals surface area contributed by atoms with Crippen molar-refractivity contribution in [3.8, 4) is 0 Å². The molecule has 160 valence electrons. The van der Waals surface area contributed by atoms with E-state index in [4.69, 9.17) is 23.2 Å². The zero-order valence-corrected chi connectivity index (χ0v) is 18.9. The summed E-state index contributed by atoms with van der Waals surface area (Å²) in [5, 5.41) is 3.59. The molecule has 1 aromatic heterocycles. The van der Waals surface area contributed by atoms with Gasteiger partial charge >= 0.3 is 0 Å². The van der Waals surface area contributed by atoms with Crippen LogP contribution < -0.4 is 5.32 Å². The topological polar surface area (TPSA) is 74.8 Å². The second-order valence-electron chi connectivity index (χ2n) is 7.35. The van der Waals surface area contributed by atoms with Crippen LogP contribution in [0, 0.1) is 0 Å². The van der Waals surface area contributed by atoms with Crippen LogP contribution in [0.5, 0.6) is 0 Å². The maximum Gasteiger partial charge on any atom is 0.251 e. The standard InChI is InChI=1S/C25H19Cl2N3O2/c1-14(15(2)25(32)28-18-9-10-19(26)20(27)13-18)24-29-21-11-8-17(12-22(21)30-24)23(31)16-6-4-3-5-7-16/h3-13H,1-2H3,(H,28,32)(H,29,30)/b15-14+. The molecule has 0 aliphatic rings. The van der Waals surface area contributed by atoms with Crippen LogP contribution in [-0.2, 0) is 4.79 Å². The van der Waals surface area contributed by atoms with E-state index >= 15 is 0 Å². The van der Waals surface area contributed by atoms with Crippen LogP contribution in [0.25, 0.3) is 16.6 Å². The highest BCUT2D eigenvalue weighted by atomic mass is 35.5. The number of rotatable bonds is 5. The largest absolute Gasteiger partial charge is 0.338 e. The lowest BCUT2D eigenvalue weighted by molar-refractivity contribution is -0.112. The van der Waals surface area contributed by atoms with Crippen molar-refractivity contribution in [3.63, 3.8) is 0 Å². The molecule has 0 unspecified atom stereocenters. The first-order valence-electron chi connectivity index (χ1n) is 9.87. The molecule has 3 aromatic carbocycles. The number of fused-ring (bicyclic) bond motifs is 1. The molecule has 0 saturated heterocycles. The van der Waals surface area contributed by atoms with Gasteiger partial charge in [-0.3, -0.25) is 9.59 Å². The van der Waals surface area contributed by atoms with Crippen molar-refractivity contribution in [2.75, 3.05) is 5.32 Å². The molecule has 32 heavy (non-hydrogen) atoms. The zero-order valence-electron chi connectivity index (χ0n) is 17.4. The number of amides is 1. The van der Waals surface area contributed by atoms with Crippen molar-refractivity contribution in [3.05, 3.63) is 99.3 Å². The maximum absolute atomic E-state index is 12.7. The van der Waals surface area contributed by atoms with Gasteiger partial charge in [-0.25, -0.2) is 4.98 Å². The number of aromatic amines is 1. The van der Waals surface area contributed by atoms with Crippen molar-refractivity contribution in [2.24, 2.45) is 0 Å². The number of ketones is 1. The number of carbonyl (C=O) groups excluding carboxylic acids is 2. The molecule has 1 amide bonds. The van der Waals surface area contributed by atoms with E-state index in [1.165, 1.54) is 0 Å². The average Bonchev–Trinajstić information content (AvgIpc) is 3.24. The van der Waals surface area contributed by atoms with Gasteiger partial charge in [0, 0.05) is 28.0 Å². The highest BCUT2D eigenvalue weighted by molar-refractivity contribution is 6.42. The molecule has 4 rings (SSSR count). The fraction of sp³-hybridized carbons (Fsp3) is 0.0800. The van der Waals surface area contributed by atoms with Gasteiger partial charge in [-0.15, -0.1) is 0 Å². The molecule has 0 fully saturated rings. The van der Waals surface area contributed by atoms with Crippen LogP contribution in [0.2, 0.25) is 10.0 Å². The zero-order chi connectivity index (χ0) is 22.8. The Morgan fingerprint density at radius 1 is 0.875 bits per heavy atom. The molecule has 5 nitrogen and oxygen atoms in total. The lowest BCUT2D eigenvalue weighted by Gasteiger charge is -2.08. The van der Waals surface area contributed by atoms with Crippen molar-refractivity contribution >= 4 is 57.2 Å². The predicted molar refractivity (Wildman–Crippen MR) is 129 cm³/mol. The molecule has 0 atom stereocenters. The van der Waals surface area contributed by atoms with Gasteiger partial charge in [0.25, 0.3) is 5.91 Å². The number of allylic oxidation sites excluding steroid dienone is 1. The summed E-state index contributed by atoms with van der Waals surface area (Å²) in [4.78, 5) is 33.2. The highest BCUT2D eigenvalue weighted by Gasteiger charge is 2.15. The third-order valence-corrected chi connectivity index (χ3v) is 5.95. The molecule has 0 aliphatic carbocycles. The number of halogens is 2. The second kappa shape index (κ2) is 8.99. The van der Waals surface area contributed by atoms with Crippen LogP contribution in [0.15, 0.2) is 72.3 Å². The molecule has 0 saturated carbocycles. The summed E-state index contributed by atoms with van der Waals surface area (Å²) in [7, 11) is 0. The Balaban J connectivity index is 1.60. The summed E-state index contributed by atoms with van der Waals surface area (Å²) in [6.07, 6.45) is 0. The van der Waals surface area contributed by atoms with E-state index in [-0.39, 0.29) is 11.7 Å². The molecule has 4 aromatic rings. The van der Waals surface area contributed by atoms with Gasteiger partial charge in [0.05, 0.1) is 21.1 Å².